The van der Waals surface area contributed by atoms with Gasteiger partial charge in [0, 0.05) is 37.3 Å². The van der Waals surface area contributed by atoms with Crippen LogP contribution in [-0.4, -0.2) is 39.8 Å². The van der Waals surface area contributed by atoms with Gasteiger partial charge in [-0.05, 0) is 44.2 Å². The second-order valence-corrected chi connectivity index (χ2v) is 9.46. The predicted octanol–water partition coefficient (Wildman–Crippen LogP) is 4.63. The van der Waals surface area contributed by atoms with Crippen LogP contribution in [0.15, 0.2) is 24.3 Å². The van der Waals surface area contributed by atoms with Crippen molar-refractivity contribution < 1.29 is 10.2 Å². The van der Waals surface area contributed by atoms with Crippen molar-refractivity contribution in [3.8, 4) is 11.5 Å². The summed E-state index contributed by atoms with van der Waals surface area (Å²) in [6, 6.07) is 8.22. The molecule has 2 aromatic rings. The zero-order valence-corrected chi connectivity index (χ0v) is 18.1. The Morgan fingerprint density at radius 3 is 1.54 bits per heavy atom. The van der Waals surface area contributed by atoms with Gasteiger partial charge in [0.25, 0.3) is 0 Å². The number of phenolic OH excluding ortho intramolecular Hbond substituents is 2. The maximum atomic E-state index is 10.5. The van der Waals surface area contributed by atoms with Crippen LogP contribution in [0, 0.1) is 33.1 Å². The molecule has 2 aromatic carbocycles. The Bertz CT molecular complexity index is 804. The number of benzene rings is 2. The van der Waals surface area contributed by atoms with Crippen molar-refractivity contribution in [2.75, 3.05) is 19.8 Å². The van der Waals surface area contributed by atoms with Gasteiger partial charge in [-0.25, -0.2) is 0 Å². The molecule has 0 aliphatic carbocycles. The van der Waals surface area contributed by atoms with Crippen LogP contribution in [0.25, 0.3) is 0 Å². The van der Waals surface area contributed by atoms with Crippen LogP contribution in [-0.2, 0) is 13.1 Å². The number of aromatic hydroxyl groups is 2. The summed E-state index contributed by atoms with van der Waals surface area (Å²) >= 11 is 0. The summed E-state index contributed by atoms with van der Waals surface area (Å²) in [7, 11) is 0. The van der Waals surface area contributed by atoms with Crippen molar-refractivity contribution in [1.82, 2.24) is 9.80 Å². The second-order valence-electron chi connectivity index (χ2n) is 9.46. The molecule has 4 heteroatoms. The highest BCUT2D eigenvalue weighted by Crippen LogP contribution is 2.32. The largest absolute Gasteiger partial charge is 0.507 e. The summed E-state index contributed by atoms with van der Waals surface area (Å²) in [5.74, 6) is 0.819. The number of nitrogens with zero attached hydrogens (tertiary/aromatic N) is 2. The van der Waals surface area contributed by atoms with Gasteiger partial charge in [0.15, 0.2) is 0 Å². The van der Waals surface area contributed by atoms with Gasteiger partial charge >= 0.3 is 0 Å². The van der Waals surface area contributed by atoms with E-state index in [-0.39, 0.29) is 5.41 Å². The minimum atomic E-state index is 0.140. The van der Waals surface area contributed by atoms with Gasteiger partial charge < -0.3 is 10.2 Å². The topological polar surface area (TPSA) is 46.9 Å². The molecule has 1 aliphatic rings. The fourth-order valence-electron chi connectivity index (χ4n) is 4.67. The van der Waals surface area contributed by atoms with Crippen LogP contribution in [0.1, 0.15) is 47.2 Å². The lowest BCUT2D eigenvalue weighted by molar-refractivity contribution is -0.000869. The third-order valence-electron chi connectivity index (χ3n) is 5.54. The monoisotopic (exact) mass is 382 g/mol. The van der Waals surface area contributed by atoms with Crippen molar-refractivity contribution >= 4 is 0 Å². The number of hydrogen-bond acceptors (Lipinski definition) is 4. The van der Waals surface area contributed by atoms with E-state index in [1.807, 2.05) is 26.0 Å². The molecule has 4 nitrogen and oxygen atoms in total. The Kier molecular flexibility index (Phi) is 5.74. The van der Waals surface area contributed by atoms with Gasteiger partial charge in [-0.2, -0.15) is 0 Å². The van der Waals surface area contributed by atoms with E-state index in [0.717, 1.165) is 55.1 Å². The molecule has 1 fully saturated rings. The Hall–Kier alpha value is -2.04. The molecule has 0 aromatic heterocycles. The van der Waals surface area contributed by atoms with Crippen molar-refractivity contribution in [2.45, 2.75) is 54.6 Å². The van der Waals surface area contributed by atoms with Crippen LogP contribution in [0.2, 0.25) is 0 Å². The molecule has 3 rings (SSSR count). The van der Waals surface area contributed by atoms with E-state index in [2.05, 4.69) is 49.6 Å². The maximum absolute atomic E-state index is 10.5. The van der Waals surface area contributed by atoms with E-state index in [1.54, 1.807) is 0 Å². The van der Waals surface area contributed by atoms with E-state index in [1.165, 1.54) is 11.1 Å². The zero-order chi connectivity index (χ0) is 20.6. The first-order chi connectivity index (χ1) is 13.0. The quantitative estimate of drug-likeness (QED) is 0.809. The highest BCUT2D eigenvalue weighted by molar-refractivity contribution is 5.43. The van der Waals surface area contributed by atoms with Gasteiger partial charge in [0.1, 0.15) is 11.5 Å². The van der Waals surface area contributed by atoms with Crippen LogP contribution < -0.4 is 0 Å². The molecule has 0 saturated carbocycles. The minimum absolute atomic E-state index is 0.140. The van der Waals surface area contributed by atoms with Gasteiger partial charge in [-0.1, -0.05) is 49.2 Å². The molecular formula is C24H34N2O2. The van der Waals surface area contributed by atoms with Crippen molar-refractivity contribution in [1.29, 1.82) is 0 Å². The number of hydrogen-bond donors (Lipinski definition) is 2. The summed E-state index contributed by atoms with van der Waals surface area (Å²) < 4.78 is 0. The molecule has 152 valence electrons. The van der Waals surface area contributed by atoms with Crippen molar-refractivity contribution in [3.63, 3.8) is 0 Å². The lowest BCUT2D eigenvalue weighted by atomic mass is 9.89. The number of rotatable bonds is 4. The molecule has 0 bridgehead atoms. The van der Waals surface area contributed by atoms with E-state index in [4.69, 9.17) is 0 Å². The lowest BCUT2D eigenvalue weighted by Gasteiger charge is -2.45. The third kappa shape index (κ3) is 4.68. The molecule has 0 radical (unpaired) electrons. The van der Waals surface area contributed by atoms with Crippen LogP contribution >= 0.6 is 0 Å². The maximum Gasteiger partial charge on any atom is 0.122 e. The summed E-state index contributed by atoms with van der Waals surface area (Å²) in [5.41, 5.74) is 6.35. The predicted molar refractivity (Wildman–Crippen MR) is 115 cm³/mol. The average Bonchev–Trinajstić information content (AvgIpc) is 2.55. The summed E-state index contributed by atoms with van der Waals surface area (Å²) in [6.45, 7) is 16.9. The van der Waals surface area contributed by atoms with Gasteiger partial charge in [0.05, 0.1) is 6.67 Å². The smallest absolute Gasteiger partial charge is 0.122 e. The molecule has 2 N–H and O–H groups in total. The molecule has 28 heavy (non-hydrogen) atoms. The second kappa shape index (κ2) is 7.76. The molecular weight excluding hydrogens is 348 g/mol. The summed E-state index contributed by atoms with van der Waals surface area (Å²) in [5, 5.41) is 21.0. The van der Waals surface area contributed by atoms with Gasteiger partial charge in [-0.15, -0.1) is 0 Å². The molecule has 0 unspecified atom stereocenters. The Morgan fingerprint density at radius 1 is 0.750 bits per heavy atom. The third-order valence-corrected chi connectivity index (χ3v) is 5.54. The molecule has 1 saturated heterocycles. The zero-order valence-electron chi connectivity index (χ0n) is 18.1. The normalized spacial score (nSPS) is 17.8. The minimum Gasteiger partial charge on any atom is -0.507 e. The van der Waals surface area contributed by atoms with Crippen LogP contribution in [0.4, 0.5) is 0 Å². The molecule has 0 spiro atoms. The first-order valence-corrected chi connectivity index (χ1v) is 10.1. The van der Waals surface area contributed by atoms with E-state index >= 15 is 0 Å². The lowest BCUT2D eigenvalue weighted by Crippen LogP contribution is -2.52. The number of aryl methyl sites for hydroxylation is 4. The van der Waals surface area contributed by atoms with E-state index in [9.17, 15) is 10.2 Å². The first-order valence-electron chi connectivity index (χ1n) is 10.1. The Morgan fingerprint density at radius 2 is 1.14 bits per heavy atom. The molecule has 0 atom stereocenters. The van der Waals surface area contributed by atoms with Crippen LogP contribution in [0.3, 0.4) is 0 Å². The fraction of sp³-hybridized carbons (Fsp3) is 0.500. The SMILES string of the molecule is Cc1cc(C)c(O)c(CN2CN(Cc3cc(C)cc(C)c3O)CC(C)(C)C2)c1. The highest BCUT2D eigenvalue weighted by Gasteiger charge is 2.32. The van der Waals surface area contributed by atoms with Gasteiger partial charge in [-0.3, -0.25) is 9.80 Å². The average molecular weight is 383 g/mol. The fourth-order valence-corrected chi connectivity index (χ4v) is 4.67. The molecule has 1 heterocycles. The molecule has 1 aliphatic heterocycles. The summed E-state index contributed by atoms with van der Waals surface area (Å²) in [6.07, 6.45) is 0. The van der Waals surface area contributed by atoms with E-state index < -0.39 is 0 Å². The number of phenols is 2. The summed E-state index contributed by atoms with van der Waals surface area (Å²) in [4.78, 5) is 4.80. The van der Waals surface area contributed by atoms with Crippen LogP contribution in [0.5, 0.6) is 11.5 Å². The molecule has 0 amide bonds. The van der Waals surface area contributed by atoms with Crippen molar-refractivity contribution in [2.24, 2.45) is 5.41 Å². The Labute approximate surface area is 169 Å². The Balaban J connectivity index is 1.80. The first kappa shape index (κ1) is 20.7. The van der Waals surface area contributed by atoms with E-state index in [0.29, 0.717) is 11.5 Å². The van der Waals surface area contributed by atoms with Gasteiger partial charge in [0.2, 0.25) is 0 Å². The highest BCUT2D eigenvalue weighted by atomic mass is 16.3. The standard InChI is InChI=1S/C24H34N2O2/c1-16-7-18(3)22(27)20(9-16)11-25-13-24(5,6)14-26(15-25)12-21-10-17(2)8-19(4)23(21)28/h7-10,27-28H,11-15H2,1-6H3. The van der Waals surface area contributed by atoms with Crippen molar-refractivity contribution in [3.05, 3.63) is 57.6 Å².